The number of hydrogen-bond acceptors (Lipinski definition) is 4. The summed E-state index contributed by atoms with van der Waals surface area (Å²) in [6, 6.07) is 20.9. The van der Waals surface area contributed by atoms with Gasteiger partial charge in [0.25, 0.3) is 0 Å². The topological polar surface area (TPSA) is 85.0 Å². The van der Waals surface area contributed by atoms with Gasteiger partial charge in [-0.25, -0.2) is 4.98 Å². The second kappa shape index (κ2) is 8.96. The summed E-state index contributed by atoms with van der Waals surface area (Å²) < 4.78 is 2.36. The lowest BCUT2D eigenvalue weighted by molar-refractivity contribution is 0.100. The van der Waals surface area contributed by atoms with Gasteiger partial charge < -0.3 is 15.6 Å². The molecule has 0 bridgehead atoms. The number of rotatable bonds is 6. The summed E-state index contributed by atoms with van der Waals surface area (Å²) in [6.45, 7) is 6.43. The SMILES string of the molecule is CC(C)c1nc2ccccc2n1C(NC1CCNCC1)c1ccc2ccc(C(N)=O)cc2c1. The molecule has 1 aliphatic heterocycles. The average molecular weight is 442 g/mol. The van der Waals surface area contributed by atoms with Crippen molar-refractivity contribution >= 4 is 27.7 Å². The number of nitrogens with one attached hydrogen (secondary N) is 2. The van der Waals surface area contributed by atoms with Crippen LogP contribution in [0.15, 0.2) is 60.7 Å². The molecular weight excluding hydrogens is 410 g/mol. The normalized spacial score (nSPS) is 16.0. The first kappa shape index (κ1) is 21.6. The van der Waals surface area contributed by atoms with E-state index < -0.39 is 5.91 Å². The van der Waals surface area contributed by atoms with Crippen LogP contribution >= 0.6 is 0 Å². The van der Waals surface area contributed by atoms with Crippen LogP contribution in [0, 0.1) is 0 Å². The van der Waals surface area contributed by atoms with Crippen molar-refractivity contribution in [2.75, 3.05) is 13.1 Å². The summed E-state index contributed by atoms with van der Waals surface area (Å²) >= 11 is 0. The van der Waals surface area contributed by atoms with Gasteiger partial charge in [-0.2, -0.15) is 0 Å². The molecule has 5 rings (SSSR count). The van der Waals surface area contributed by atoms with E-state index in [2.05, 4.69) is 65.4 Å². The van der Waals surface area contributed by atoms with E-state index >= 15 is 0 Å². The molecule has 0 saturated carbocycles. The third-order valence-electron chi connectivity index (χ3n) is 6.59. The lowest BCUT2D eigenvalue weighted by Crippen LogP contribution is -2.43. The number of benzene rings is 3. The van der Waals surface area contributed by atoms with Crippen molar-refractivity contribution in [1.82, 2.24) is 20.2 Å². The number of para-hydroxylation sites is 2. The van der Waals surface area contributed by atoms with Gasteiger partial charge in [0.2, 0.25) is 5.91 Å². The Morgan fingerprint density at radius 2 is 1.82 bits per heavy atom. The van der Waals surface area contributed by atoms with Crippen molar-refractivity contribution in [3.63, 3.8) is 0 Å². The van der Waals surface area contributed by atoms with Crippen LogP contribution in [0.5, 0.6) is 0 Å². The molecule has 1 aliphatic rings. The summed E-state index contributed by atoms with van der Waals surface area (Å²) in [6.07, 6.45) is 2.10. The number of fused-ring (bicyclic) bond motifs is 2. The van der Waals surface area contributed by atoms with Crippen molar-refractivity contribution < 1.29 is 4.79 Å². The van der Waals surface area contributed by atoms with Gasteiger partial charge in [-0.3, -0.25) is 10.1 Å². The van der Waals surface area contributed by atoms with Gasteiger partial charge in [-0.05, 0) is 72.6 Å². The van der Waals surface area contributed by atoms with E-state index in [9.17, 15) is 4.79 Å². The monoisotopic (exact) mass is 441 g/mol. The minimum absolute atomic E-state index is 0.0699. The first-order chi connectivity index (χ1) is 16.0. The summed E-state index contributed by atoms with van der Waals surface area (Å²) in [5.41, 5.74) is 9.35. The summed E-state index contributed by atoms with van der Waals surface area (Å²) in [5.74, 6) is 0.930. The minimum Gasteiger partial charge on any atom is -0.366 e. The summed E-state index contributed by atoms with van der Waals surface area (Å²) in [7, 11) is 0. The van der Waals surface area contributed by atoms with Crippen molar-refractivity contribution in [3.05, 3.63) is 77.6 Å². The molecule has 2 heterocycles. The quantitative estimate of drug-likeness (QED) is 0.416. The molecule has 1 saturated heterocycles. The Morgan fingerprint density at radius 3 is 2.58 bits per heavy atom. The largest absolute Gasteiger partial charge is 0.366 e. The Balaban J connectivity index is 1.68. The third-order valence-corrected chi connectivity index (χ3v) is 6.59. The fraction of sp³-hybridized carbons (Fsp3) is 0.333. The number of nitrogens with two attached hydrogens (primary N) is 1. The van der Waals surface area contributed by atoms with Crippen molar-refractivity contribution in [1.29, 1.82) is 0 Å². The van der Waals surface area contributed by atoms with E-state index in [1.165, 1.54) is 0 Å². The molecule has 3 aromatic carbocycles. The van der Waals surface area contributed by atoms with Gasteiger partial charge in [0.15, 0.2) is 0 Å². The van der Waals surface area contributed by atoms with Crippen LogP contribution in [-0.4, -0.2) is 34.6 Å². The smallest absolute Gasteiger partial charge is 0.248 e. The number of aromatic nitrogens is 2. The fourth-order valence-electron chi connectivity index (χ4n) is 4.86. The first-order valence-electron chi connectivity index (χ1n) is 11.8. The van der Waals surface area contributed by atoms with Gasteiger partial charge in [0.1, 0.15) is 12.0 Å². The van der Waals surface area contributed by atoms with E-state index in [-0.39, 0.29) is 12.1 Å². The zero-order valence-corrected chi connectivity index (χ0v) is 19.2. The Bertz CT molecular complexity index is 1300. The highest BCUT2D eigenvalue weighted by atomic mass is 16.1. The summed E-state index contributed by atoms with van der Waals surface area (Å²) in [5, 5.41) is 9.51. The molecule has 1 amide bonds. The highest BCUT2D eigenvalue weighted by molar-refractivity contribution is 5.97. The molecule has 0 spiro atoms. The Kier molecular flexibility index (Phi) is 5.87. The zero-order chi connectivity index (χ0) is 22.9. The molecule has 1 fully saturated rings. The third kappa shape index (κ3) is 4.24. The highest BCUT2D eigenvalue weighted by Gasteiger charge is 2.26. The summed E-state index contributed by atoms with van der Waals surface area (Å²) in [4.78, 5) is 16.8. The number of nitrogens with zero attached hydrogens (tertiary/aromatic N) is 2. The van der Waals surface area contributed by atoms with Crippen molar-refractivity contribution in [2.45, 2.75) is 44.8 Å². The number of hydrogen-bond donors (Lipinski definition) is 3. The van der Waals surface area contributed by atoms with Gasteiger partial charge in [-0.15, -0.1) is 0 Å². The van der Waals surface area contributed by atoms with Crippen LogP contribution in [0.2, 0.25) is 0 Å². The number of carbonyl (C=O) groups excluding carboxylic acids is 1. The molecule has 4 aromatic rings. The molecule has 0 aliphatic carbocycles. The predicted octanol–water partition coefficient (Wildman–Crippen LogP) is 4.30. The van der Waals surface area contributed by atoms with E-state index in [1.807, 2.05) is 18.2 Å². The molecule has 6 heteroatoms. The molecule has 1 atom stereocenters. The maximum absolute atomic E-state index is 11.8. The zero-order valence-electron chi connectivity index (χ0n) is 19.2. The molecule has 0 radical (unpaired) electrons. The van der Waals surface area contributed by atoms with Crippen LogP contribution in [-0.2, 0) is 0 Å². The minimum atomic E-state index is -0.408. The number of piperidine rings is 1. The Labute approximate surface area is 194 Å². The van der Waals surface area contributed by atoms with Crippen molar-refractivity contribution in [3.8, 4) is 0 Å². The number of carbonyl (C=O) groups is 1. The predicted molar refractivity (Wildman–Crippen MR) is 133 cm³/mol. The molecule has 1 aromatic heterocycles. The van der Waals surface area contributed by atoms with E-state index in [4.69, 9.17) is 10.7 Å². The molecule has 1 unspecified atom stereocenters. The molecule has 170 valence electrons. The second-order valence-electron chi connectivity index (χ2n) is 9.26. The van der Waals surface area contributed by atoms with E-state index in [0.29, 0.717) is 11.6 Å². The van der Waals surface area contributed by atoms with Crippen molar-refractivity contribution in [2.24, 2.45) is 5.73 Å². The fourth-order valence-corrected chi connectivity index (χ4v) is 4.86. The number of amides is 1. The van der Waals surface area contributed by atoms with E-state index in [0.717, 1.165) is 59.1 Å². The number of imidazole rings is 1. The molecule has 4 N–H and O–H groups in total. The lowest BCUT2D eigenvalue weighted by atomic mass is 10.0. The average Bonchev–Trinajstić information content (AvgIpc) is 3.22. The van der Waals surface area contributed by atoms with Crippen LogP contribution in [0.4, 0.5) is 0 Å². The molecule has 33 heavy (non-hydrogen) atoms. The van der Waals surface area contributed by atoms with Gasteiger partial charge >= 0.3 is 0 Å². The van der Waals surface area contributed by atoms with Gasteiger partial charge in [-0.1, -0.05) is 44.2 Å². The Hall–Kier alpha value is -3.22. The maximum Gasteiger partial charge on any atom is 0.248 e. The van der Waals surface area contributed by atoms with Crippen LogP contribution < -0.4 is 16.4 Å². The maximum atomic E-state index is 11.8. The van der Waals surface area contributed by atoms with Gasteiger partial charge in [0, 0.05) is 17.5 Å². The standard InChI is InChI=1S/C27H31N5O/c1-17(2)26-31-23-5-3-4-6-24(23)32(26)27(30-22-11-13-29-14-12-22)20-10-8-18-7-9-19(25(28)33)15-21(18)16-20/h3-10,15-17,22,27,29-30H,11-14H2,1-2H3,(H2,28,33). The van der Waals surface area contributed by atoms with Gasteiger partial charge in [0.05, 0.1) is 11.0 Å². The molecule has 6 nitrogen and oxygen atoms in total. The lowest BCUT2D eigenvalue weighted by Gasteiger charge is -2.32. The molecular formula is C27H31N5O. The first-order valence-corrected chi connectivity index (χ1v) is 11.8. The second-order valence-corrected chi connectivity index (χ2v) is 9.26. The highest BCUT2D eigenvalue weighted by Crippen LogP contribution is 2.31. The Morgan fingerprint density at radius 1 is 1.06 bits per heavy atom. The van der Waals surface area contributed by atoms with Crippen LogP contribution in [0.25, 0.3) is 21.8 Å². The number of primary amides is 1. The van der Waals surface area contributed by atoms with Crippen LogP contribution in [0.3, 0.4) is 0 Å². The van der Waals surface area contributed by atoms with E-state index in [1.54, 1.807) is 6.07 Å². The van der Waals surface area contributed by atoms with Crippen LogP contribution in [0.1, 0.15) is 60.5 Å².